The summed E-state index contributed by atoms with van der Waals surface area (Å²) >= 11 is 1.82. The van der Waals surface area contributed by atoms with Crippen LogP contribution in [0.1, 0.15) is 44.4 Å². The number of carbonyl (C=O) groups excluding carboxylic acids is 1. The molecule has 0 aromatic carbocycles. The third-order valence-corrected chi connectivity index (χ3v) is 6.20. The number of hydrogen-bond donors (Lipinski definition) is 2. The largest absolute Gasteiger partial charge is 0.355 e. The van der Waals surface area contributed by atoms with Crippen molar-refractivity contribution in [3.63, 3.8) is 0 Å². The van der Waals surface area contributed by atoms with Gasteiger partial charge in [-0.2, -0.15) is 0 Å². The second-order valence-corrected chi connectivity index (χ2v) is 7.76. The molecule has 0 aliphatic carbocycles. The first-order chi connectivity index (χ1) is 11.1. The van der Waals surface area contributed by atoms with Gasteiger partial charge in [-0.05, 0) is 49.6 Å². The maximum atomic E-state index is 12.5. The molecule has 0 radical (unpaired) electrons. The highest BCUT2D eigenvalue weighted by molar-refractivity contribution is 7.09. The first kappa shape index (κ1) is 18.4. The molecule has 130 valence electrons. The zero-order chi connectivity index (χ0) is 16.7. The van der Waals surface area contributed by atoms with Crippen molar-refractivity contribution in [1.82, 2.24) is 10.2 Å². The highest BCUT2D eigenvalue weighted by Crippen LogP contribution is 2.25. The maximum Gasteiger partial charge on any atom is 0.227 e. The molecular weight excluding hydrogens is 306 g/mol. The third-order valence-electron chi connectivity index (χ3n) is 5.34. The molecule has 1 atom stereocenters. The van der Waals surface area contributed by atoms with Crippen molar-refractivity contribution in [3.8, 4) is 0 Å². The van der Waals surface area contributed by atoms with Crippen LogP contribution in [0.2, 0.25) is 0 Å². The molecule has 1 fully saturated rings. The molecule has 2 rings (SSSR count). The first-order valence-corrected chi connectivity index (χ1v) is 9.74. The lowest BCUT2D eigenvalue weighted by atomic mass is 9.81. The van der Waals surface area contributed by atoms with Gasteiger partial charge in [0.2, 0.25) is 5.91 Å². The zero-order valence-corrected chi connectivity index (χ0v) is 15.3. The first-order valence-electron chi connectivity index (χ1n) is 8.86. The molecule has 1 saturated heterocycles. The Labute approximate surface area is 144 Å². The fourth-order valence-corrected chi connectivity index (χ4v) is 4.21. The van der Waals surface area contributed by atoms with Gasteiger partial charge in [0.1, 0.15) is 0 Å². The summed E-state index contributed by atoms with van der Waals surface area (Å²) in [6, 6.07) is 4.32. The van der Waals surface area contributed by atoms with E-state index in [-0.39, 0.29) is 11.3 Å². The number of likely N-dealkylation sites (tertiary alicyclic amines) is 1. The van der Waals surface area contributed by atoms with Crippen LogP contribution in [0.25, 0.3) is 0 Å². The minimum absolute atomic E-state index is 0.139. The summed E-state index contributed by atoms with van der Waals surface area (Å²) in [6.45, 7) is 8.60. The van der Waals surface area contributed by atoms with Crippen LogP contribution in [-0.4, -0.2) is 37.0 Å². The van der Waals surface area contributed by atoms with E-state index in [0.717, 1.165) is 32.5 Å². The van der Waals surface area contributed by atoms with Crippen LogP contribution in [0, 0.1) is 11.3 Å². The van der Waals surface area contributed by atoms with E-state index in [1.54, 1.807) is 0 Å². The predicted octanol–water partition coefficient (Wildman–Crippen LogP) is 2.84. The Morgan fingerprint density at radius 1 is 1.48 bits per heavy atom. The smallest absolute Gasteiger partial charge is 0.227 e. The van der Waals surface area contributed by atoms with Crippen LogP contribution in [0.3, 0.4) is 0 Å². The number of rotatable bonds is 8. The fraction of sp³-hybridized carbons (Fsp3) is 0.722. The molecule has 1 aliphatic heterocycles. The van der Waals surface area contributed by atoms with E-state index in [0.29, 0.717) is 12.5 Å². The van der Waals surface area contributed by atoms with E-state index in [4.69, 9.17) is 5.73 Å². The van der Waals surface area contributed by atoms with Crippen molar-refractivity contribution in [1.29, 1.82) is 0 Å². The van der Waals surface area contributed by atoms with Gasteiger partial charge in [-0.3, -0.25) is 9.69 Å². The highest BCUT2D eigenvalue weighted by Gasteiger charge is 2.33. The molecule has 4 nitrogen and oxygen atoms in total. The average Bonchev–Trinajstić information content (AvgIpc) is 3.08. The highest BCUT2D eigenvalue weighted by atomic mass is 32.1. The maximum absolute atomic E-state index is 12.5. The Kier molecular flexibility index (Phi) is 7.06. The molecule has 2 heterocycles. The zero-order valence-electron chi connectivity index (χ0n) is 14.5. The van der Waals surface area contributed by atoms with Gasteiger partial charge >= 0.3 is 0 Å². The Balaban J connectivity index is 1.82. The van der Waals surface area contributed by atoms with Crippen LogP contribution in [-0.2, 0) is 11.3 Å². The molecule has 1 amide bonds. The summed E-state index contributed by atoms with van der Waals surface area (Å²) in [5.41, 5.74) is 5.48. The number of nitrogens with two attached hydrogens (primary N) is 1. The lowest BCUT2D eigenvalue weighted by Gasteiger charge is -2.34. The molecule has 3 N–H and O–H groups in total. The Morgan fingerprint density at radius 2 is 2.26 bits per heavy atom. The second kappa shape index (κ2) is 8.81. The quantitative estimate of drug-likeness (QED) is 0.767. The summed E-state index contributed by atoms with van der Waals surface area (Å²) in [5, 5.41) is 5.32. The van der Waals surface area contributed by atoms with Gasteiger partial charge in [0.15, 0.2) is 0 Å². The van der Waals surface area contributed by atoms with Gasteiger partial charge in [0.05, 0.1) is 5.41 Å². The number of nitrogens with zero attached hydrogens (tertiary/aromatic N) is 1. The molecule has 23 heavy (non-hydrogen) atoms. The summed E-state index contributed by atoms with van der Waals surface area (Å²) < 4.78 is 0. The predicted molar refractivity (Wildman–Crippen MR) is 97.4 cm³/mol. The molecule has 0 spiro atoms. The number of nitrogens with one attached hydrogen (secondary N) is 1. The van der Waals surface area contributed by atoms with Crippen molar-refractivity contribution in [2.75, 3.05) is 26.2 Å². The molecule has 1 aromatic heterocycles. The minimum atomic E-state index is -0.384. The van der Waals surface area contributed by atoms with Gasteiger partial charge in [-0.15, -0.1) is 11.3 Å². The summed E-state index contributed by atoms with van der Waals surface area (Å²) in [5.74, 6) is 0.692. The number of amides is 1. The van der Waals surface area contributed by atoms with Crippen molar-refractivity contribution < 1.29 is 4.79 Å². The number of thiophene rings is 1. The van der Waals surface area contributed by atoms with Crippen molar-refractivity contribution in [2.24, 2.45) is 17.1 Å². The summed E-state index contributed by atoms with van der Waals surface area (Å²) in [7, 11) is 0. The number of piperidine rings is 1. The van der Waals surface area contributed by atoms with Crippen molar-refractivity contribution >= 4 is 17.2 Å². The van der Waals surface area contributed by atoms with Crippen LogP contribution >= 0.6 is 11.3 Å². The van der Waals surface area contributed by atoms with Crippen molar-refractivity contribution in [3.05, 3.63) is 22.4 Å². The second-order valence-electron chi connectivity index (χ2n) is 6.72. The van der Waals surface area contributed by atoms with Gasteiger partial charge in [0, 0.05) is 31.1 Å². The fourth-order valence-electron chi connectivity index (χ4n) is 3.46. The minimum Gasteiger partial charge on any atom is -0.355 e. The van der Waals surface area contributed by atoms with E-state index >= 15 is 0 Å². The van der Waals surface area contributed by atoms with E-state index < -0.39 is 0 Å². The van der Waals surface area contributed by atoms with Gasteiger partial charge < -0.3 is 11.1 Å². The molecule has 1 unspecified atom stereocenters. The van der Waals surface area contributed by atoms with Crippen LogP contribution in [0.5, 0.6) is 0 Å². The number of hydrogen-bond acceptors (Lipinski definition) is 4. The monoisotopic (exact) mass is 337 g/mol. The summed E-state index contributed by atoms with van der Waals surface area (Å²) in [4.78, 5) is 16.5. The van der Waals surface area contributed by atoms with Gasteiger partial charge in [-0.1, -0.05) is 19.9 Å². The molecule has 1 aliphatic rings. The Bertz CT molecular complexity index is 462. The van der Waals surface area contributed by atoms with Gasteiger partial charge in [0.25, 0.3) is 0 Å². The molecule has 1 aromatic rings. The lowest BCUT2D eigenvalue weighted by molar-refractivity contribution is -0.131. The third kappa shape index (κ3) is 4.78. The normalized spacial score (nSPS) is 19.7. The topological polar surface area (TPSA) is 58.4 Å². The Morgan fingerprint density at radius 3 is 2.87 bits per heavy atom. The van der Waals surface area contributed by atoms with Crippen LogP contribution in [0.4, 0.5) is 0 Å². The molecule has 0 saturated carbocycles. The summed E-state index contributed by atoms with van der Waals surface area (Å²) in [6.07, 6.45) is 4.03. The van der Waals surface area contributed by atoms with E-state index in [1.807, 2.05) is 11.3 Å². The molecule has 5 heteroatoms. The Hall–Kier alpha value is -0.910. The van der Waals surface area contributed by atoms with Crippen LogP contribution < -0.4 is 11.1 Å². The average molecular weight is 338 g/mol. The van der Waals surface area contributed by atoms with E-state index in [9.17, 15) is 4.79 Å². The lowest BCUT2D eigenvalue weighted by Crippen LogP contribution is -2.48. The standard InChI is InChI=1S/C18H31N3OS/c1-3-18(4-2,14-19)17(22)20-11-15-7-5-9-21(12-15)13-16-8-6-10-23-16/h6,8,10,15H,3-5,7,9,11-14,19H2,1-2H3,(H,20,22). The van der Waals surface area contributed by atoms with E-state index in [2.05, 4.69) is 41.6 Å². The number of carbonyl (C=O) groups is 1. The molecule has 0 bridgehead atoms. The SMILES string of the molecule is CCC(CC)(CN)C(=O)NCC1CCCN(Cc2cccs2)C1. The van der Waals surface area contributed by atoms with E-state index in [1.165, 1.54) is 24.3 Å². The van der Waals surface area contributed by atoms with Crippen LogP contribution in [0.15, 0.2) is 17.5 Å². The van der Waals surface area contributed by atoms with Crippen molar-refractivity contribution in [2.45, 2.75) is 46.1 Å². The van der Waals surface area contributed by atoms with Gasteiger partial charge in [-0.25, -0.2) is 0 Å². The molecular formula is C18H31N3OS.